The Kier molecular flexibility index (Phi) is 16.5. The van der Waals surface area contributed by atoms with Gasteiger partial charge in [-0.2, -0.15) is 13.2 Å². The Bertz CT molecular complexity index is 703. The van der Waals surface area contributed by atoms with E-state index in [2.05, 4.69) is 21.6 Å². The number of alkyl halides is 3. The first-order valence-corrected chi connectivity index (χ1v) is 9.61. The fourth-order valence-corrected chi connectivity index (χ4v) is 1.74. The van der Waals surface area contributed by atoms with Gasteiger partial charge in [-0.15, -0.1) is 0 Å². The van der Waals surface area contributed by atoms with E-state index in [-0.39, 0.29) is 30.2 Å². The van der Waals surface area contributed by atoms with Crippen molar-refractivity contribution in [1.29, 1.82) is 0 Å². The first-order valence-electron chi connectivity index (χ1n) is 9.61. The smallest absolute Gasteiger partial charge is 0.411 e. The van der Waals surface area contributed by atoms with Gasteiger partial charge < -0.3 is 20.5 Å². The molecule has 0 saturated heterocycles. The molecule has 0 radical (unpaired) electrons. The highest BCUT2D eigenvalue weighted by atomic mass is 19.4. The zero-order valence-electron chi connectivity index (χ0n) is 18.4. The van der Waals surface area contributed by atoms with Gasteiger partial charge >= 0.3 is 6.18 Å². The standard InChI is InChI=1S/C10H13F3N2O2.C7H6FNO.2C2H6/c1-6-3-8(4-16-5-10(11,12)13)17-9(14)15-7(6)2;8-6-1-3-7(4-2-6)9-5-10;2*1-2/h3,7H,1,4-5H2,2H3,(H2,14,15);1-5H,(H,9,10);2*1-2H3/t7-;;;/m0.../s1. The number of rotatable bonds is 5. The summed E-state index contributed by atoms with van der Waals surface area (Å²) in [7, 11) is 0. The quantitative estimate of drug-likeness (QED) is 0.479. The Labute approximate surface area is 180 Å². The second-order valence-corrected chi connectivity index (χ2v) is 5.31. The van der Waals surface area contributed by atoms with Crippen LogP contribution < -0.4 is 11.1 Å². The molecule has 1 atom stereocenters. The van der Waals surface area contributed by atoms with Crippen molar-refractivity contribution in [3.8, 4) is 0 Å². The van der Waals surface area contributed by atoms with Crippen LogP contribution in [0.4, 0.5) is 23.2 Å². The van der Waals surface area contributed by atoms with Gasteiger partial charge in [-0.1, -0.05) is 34.3 Å². The summed E-state index contributed by atoms with van der Waals surface area (Å²) in [5.41, 5.74) is 6.59. The topological polar surface area (TPSA) is 85.9 Å². The van der Waals surface area contributed by atoms with Gasteiger partial charge in [0.05, 0.1) is 6.04 Å². The summed E-state index contributed by atoms with van der Waals surface area (Å²) in [5, 5.41) is 2.39. The monoisotopic (exact) mass is 449 g/mol. The summed E-state index contributed by atoms with van der Waals surface area (Å²) in [6.45, 7) is 11.8. The van der Waals surface area contributed by atoms with Crippen LogP contribution in [0.1, 0.15) is 34.6 Å². The van der Waals surface area contributed by atoms with Crippen molar-refractivity contribution in [2.75, 3.05) is 18.5 Å². The molecule has 0 bridgehead atoms. The van der Waals surface area contributed by atoms with E-state index in [9.17, 15) is 22.4 Å². The number of amides is 1. The van der Waals surface area contributed by atoms with E-state index in [1.807, 2.05) is 27.7 Å². The van der Waals surface area contributed by atoms with Crippen LogP contribution in [0, 0.1) is 5.82 Å². The maximum atomic E-state index is 12.2. The molecule has 1 aromatic rings. The fraction of sp³-hybridized carbons (Fsp3) is 0.429. The molecule has 1 aromatic carbocycles. The highest BCUT2D eigenvalue weighted by Crippen LogP contribution is 2.17. The van der Waals surface area contributed by atoms with Crippen molar-refractivity contribution in [1.82, 2.24) is 0 Å². The van der Waals surface area contributed by atoms with Crippen LogP contribution in [-0.4, -0.2) is 37.9 Å². The SMILES string of the molecule is C=C1C=C(COCC(F)(F)F)OC(N)=N[C@H]1C.CC.CC.O=CNc1ccc(F)cc1. The molecule has 1 aliphatic heterocycles. The maximum Gasteiger partial charge on any atom is 0.411 e. The largest absolute Gasteiger partial charge is 0.428 e. The van der Waals surface area contributed by atoms with Gasteiger partial charge in [0.2, 0.25) is 6.41 Å². The predicted molar refractivity (Wildman–Crippen MR) is 115 cm³/mol. The molecule has 0 aliphatic carbocycles. The molecule has 1 aliphatic rings. The zero-order valence-corrected chi connectivity index (χ0v) is 18.4. The van der Waals surface area contributed by atoms with Crippen molar-refractivity contribution >= 4 is 18.1 Å². The summed E-state index contributed by atoms with van der Waals surface area (Å²) >= 11 is 0. The molecule has 0 fully saturated rings. The second-order valence-electron chi connectivity index (χ2n) is 5.31. The summed E-state index contributed by atoms with van der Waals surface area (Å²) < 4.78 is 57.2. The van der Waals surface area contributed by atoms with Gasteiger partial charge in [-0.3, -0.25) is 4.79 Å². The number of carbonyl (C=O) groups is 1. The van der Waals surface area contributed by atoms with Crippen molar-refractivity contribution < 1.29 is 31.8 Å². The van der Waals surface area contributed by atoms with Gasteiger partial charge in [-0.25, -0.2) is 9.38 Å². The lowest BCUT2D eigenvalue weighted by Crippen LogP contribution is -2.21. The molecular weight excluding hydrogens is 418 g/mol. The van der Waals surface area contributed by atoms with Gasteiger partial charge in [0, 0.05) is 5.69 Å². The lowest BCUT2D eigenvalue weighted by molar-refractivity contribution is -0.172. The van der Waals surface area contributed by atoms with Crippen LogP contribution in [0.2, 0.25) is 0 Å². The number of ether oxygens (including phenoxy) is 2. The first kappa shape index (κ1) is 30.3. The predicted octanol–water partition coefficient (Wildman–Crippen LogP) is 5.19. The van der Waals surface area contributed by atoms with E-state index < -0.39 is 12.8 Å². The zero-order chi connectivity index (χ0) is 24.4. The minimum Gasteiger partial charge on any atom is -0.428 e. The number of benzene rings is 1. The number of amidine groups is 1. The maximum absolute atomic E-state index is 12.2. The number of hydrogen-bond donors (Lipinski definition) is 2. The fourth-order valence-electron chi connectivity index (χ4n) is 1.74. The average Bonchev–Trinajstić information content (AvgIpc) is 2.84. The average molecular weight is 449 g/mol. The molecule has 3 N–H and O–H groups in total. The van der Waals surface area contributed by atoms with Crippen LogP contribution in [0.3, 0.4) is 0 Å². The van der Waals surface area contributed by atoms with Crippen molar-refractivity contribution in [3.63, 3.8) is 0 Å². The number of nitrogens with zero attached hydrogens (tertiary/aromatic N) is 1. The number of hydrogen-bond acceptors (Lipinski definition) is 5. The Morgan fingerprint density at radius 2 is 1.77 bits per heavy atom. The van der Waals surface area contributed by atoms with Gasteiger partial charge in [0.15, 0.2) is 0 Å². The van der Waals surface area contributed by atoms with E-state index in [1.165, 1.54) is 30.3 Å². The Morgan fingerprint density at radius 1 is 1.23 bits per heavy atom. The third-order valence-corrected chi connectivity index (χ3v) is 3.02. The van der Waals surface area contributed by atoms with Crippen molar-refractivity contribution in [3.05, 3.63) is 54.1 Å². The summed E-state index contributed by atoms with van der Waals surface area (Å²) in [5.74, 6) is -0.152. The third kappa shape index (κ3) is 15.6. The van der Waals surface area contributed by atoms with Crippen LogP contribution in [0.15, 0.2) is 53.2 Å². The van der Waals surface area contributed by atoms with Gasteiger partial charge in [0.1, 0.15) is 24.8 Å². The minimum absolute atomic E-state index is 0.113. The molecule has 176 valence electrons. The Hall–Kier alpha value is -2.88. The molecule has 31 heavy (non-hydrogen) atoms. The number of anilines is 1. The lowest BCUT2D eigenvalue weighted by atomic mass is 10.1. The van der Waals surface area contributed by atoms with Gasteiger partial charge in [0.25, 0.3) is 6.02 Å². The normalized spacial score (nSPS) is 15.0. The summed E-state index contributed by atoms with van der Waals surface area (Å²) in [6.07, 6.45) is -2.34. The molecule has 0 unspecified atom stereocenters. The van der Waals surface area contributed by atoms with E-state index in [1.54, 1.807) is 6.92 Å². The van der Waals surface area contributed by atoms with Crippen LogP contribution in [0.25, 0.3) is 0 Å². The van der Waals surface area contributed by atoms with E-state index in [4.69, 9.17) is 10.5 Å². The molecule has 6 nitrogen and oxygen atoms in total. The number of nitrogens with one attached hydrogen (secondary N) is 1. The third-order valence-electron chi connectivity index (χ3n) is 3.02. The number of aliphatic imine (C=N–C) groups is 1. The molecule has 2 rings (SSSR count). The summed E-state index contributed by atoms with van der Waals surface area (Å²) in [6, 6.07) is 5.17. The number of halogens is 4. The van der Waals surface area contributed by atoms with E-state index >= 15 is 0 Å². The Balaban J connectivity index is 0. The second kappa shape index (κ2) is 16.9. The molecule has 0 aromatic heterocycles. The first-order chi connectivity index (χ1) is 14.6. The van der Waals surface area contributed by atoms with Crippen molar-refractivity contribution in [2.45, 2.75) is 46.8 Å². The number of carbonyl (C=O) groups excluding carboxylic acids is 1. The minimum atomic E-state index is -4.37. The number of nitrogens with two attached hydrogens (primary N) is 1. The molecular formula is C21H31F4N3O3. The van der Waals surface area contributed by atoms with E-state index in [0.717, 1.165) is 0 Å². The van der Waals surface area contributed by atoms with Crippen molar-refractivity contribution in [2.24, 2.45) is 10.7 Å². The molecule has 0 saturated carbocycles. The van der Waals surface area contributed by atoms with Crippen LogP contribution in [-0.2, 0) is 14.3 Å². The molecule has 1 heterocycles. The van der Waals surface area contributed by atoms with E-state index in [0.29, 0.717) is 17.7 Å². The molecule has 0 spiro atoms. The van der Waals surface area contributed by atoms with Crippen LogP contribution in [0.5, 0.6) is 0 Å². The Morgan fingerprint density at radius 3 is 2.26 bits per heavy atom. The molecule has 1 amide bonds. The van der Waals surface area contributed by atoms with Gasteiger partial charge in [-0.05, 0) is 42.8 Å². The van der Waals surface area contributed by atoms with Crippen LogP contribution >= 0.6 is 0 Å². The highest BCUT2D eigenvalue weighted by molar-refractivity contribution is 5.74. The molecule has 10 heteroatoms. The lowest BCUT2D eigenvalue weighted by Gasteiger charge is -2.10. The highest BCUT2D eigenvalue weighted by Gasteiger charge is 2.27. The summed E-state index contributed by atoms with van der Waals surface area (Å²) in [4.78, 5) is 13.8.